The SMILES string of the molecule is Cc1cc(N2CCCN3CCCC3C2)c(C(=O)O)cn1. The highest BCUT2D eigenvalue weighted by atomic mass is 16.4. The van der Waals surface area contributed by atoms with Crippen LogP contribution in [0, 0.1) is 6.92 Å². The highest BCUT2D eigenvalue weighted by Crippen LogP contribution is 2.27. The summed E-state index contributed by atoms with van der Waals surface area (Å²) in [5.74, 6) is -0.889. The average Bonchev–Trinajstić information content (AvgIpc) is 2.75. The van der Waals surface area contributed by atoms with Gasteiger partial charge in [0.15, 0.2) is 0 Å². The van der Waals surface area contributed by atoms with Gasteiger partial charge >= 0.3 is 5.97 Å². The Labute approximate surface area is 119 Å². The van der Waals surface area contributed by atoms with E-state index in [0.29, 0.717) is 11.6 Å². The highest BCUT2D eigenvalue weighted by molar-refractivity contribution is 5.94. The predicted octanol–water partition coefficient (Wildman–Crippen LogP) is 1.76. The quantitative estimate of drug-likeness (QED) is 0.891. The number of hydrogen-bond acceptors (Lipinski definition) is 4. The lowest BCUT2D eigenvalue weighted by Crippen LogP contribution is -2.37. The number of anilines is 1. The normalized spacial score (nSPS) is 23.4. The fourth-order valence-corrected chi connectivity index (χ4v) is 3.40. The van der Waals surface area contributed by atoms with Crippen molar-refractivity contribution in [2.45, 2.75) is 32.2 Å². The van der Waals surface area contributed by atoms with E-state index >= 15 is 0 Å². The van der Waals surface area contributed by atoms with Crippen LogP contribution in [0.1, 0.15) is 35.3 Å². The smallest absolute Gasteiger partial charge is 0.339 e. The number of aromatic nitrogens is 1. The first-order valence-corrected chi connectivity index (χ1v) is 7.34. The van der Waals surface area contributed by atoms with Crippen molar-refractivity contribution in [1.82, 2.24) is 9.88 Å². The Bertz CT molecular complexity index is 518. The minimum atomic E-state index is -0.889. The molecule has 3 heterocycles. The molecule has 0 aromatic carbocycles. The minimum absolute atomic E-state index is 0.321. The molecule has 20 heavy (non-hydrogen) atoms. The standard InChI is InChI=1S/C15H21N3O2/c1-11-8-14(13(9-16-11)15(19)20)18-7-3-6-17-5-2-4-12(17)10-18/h8-9,12H,2-7,10H2,1H3,(H,19,20). The molecule has 2 saturated heterocycles. The second-order valence-corrected chi connectivity index (χ2v) is 5.78. The lowest BCUT2D eigenvalue weighted by atomic mass is 10.1. The van der Waals surface area contributed by atoms with Gasteiger partial charge in [-0.2, -0.15) is 0 Å². The van der Waals surface area contributed by atoms with Crippen LogP contribution in [0.25, 0.3) is 0 Å². The minimum Gasteiger partial charge on any atom is -0.478 e. The lowest BCUT2D eigenvalue weighted by molar-refractivity contribution is 0.0697. The van der Waals surface area contributed by atoms with Crippen molar-refractivity contribution >= 4 is 11.7 Å². The van der Waals surface area contributed by atoms with E-state index in [0.717, 1.165) is 37.4 Å². The molecule has 1 unspecified atom stereocenters. The number of carboxylic acid groups (broad SMARTS) is 1. The number of carboxylic acids is 1. The van der Waals surface area contributed by atoms with E-state index in [4.69, 9.17) is 0 Å². The maximum atomic E-state index is 11.4. The summed E-state index contributed by atoms with van der Waals surface area (Å²) < 4.78 is 0. The van der Waals surface area contributed by atoms with E-state index in [2.05, 4.69) is 14.8 Å². The first-order valence-electron chi connectivity index (χ1n) is 7.34. The fourth-order valence-electron chi connectivity index (χ4n) is 3.40. The number of aryl methyl sites for hydroxylation is 1. The van der Waals surface area contributed by atoms with Crippen molar-refractivity contribution in [3.8, 4) is 0 Å². The maximum Gasteiger partial charge on any atom is 0.339 e. The van der Waals surface area contributed by atoms with Crippen LogP contribution in [0.5, 0.6) is 0 Å². The van der Waals surface area contributed by atoms with Crippen LogP contribution in [-0.2, 0) is 0 Å². The molecule has 3 rings (SSSR count). The number of aromatic carboxylic acids is 1. The van der Waals surface area contributed by atoms with Crippen molar-refractivity contribution in [3.05, 3.63) is 23.5 Å². The first-order chi connectivity index (χ1) is 9.65. The molecule has 5 heteroatoms. The fraction of sp³-hybridized carbons (Fsp3) is 0.600. The van der Waals surface area contributed by atoms with E-state index in [9.17, 15) is 9.90 Å². The molecule has 2 aliphatic rings. The van der Waals surface area contributed by atoms with E-state index in [1.165, 1.54) is 25.6 Å². The van der Waals surface area contributed by atoms with Crippen LogP contribution in [0.15, 0.2) is 12.3 Å². The number of hydrogen-bond donors (Lipinski definition) is 1. The van der Waals surface area contributed by atoms with Crippen LogP contribution in [-0.4, -0.2) is 53.2 Å². The van der Waals surface area contributed by atoms with Gasteiger partial charge in [0.05, 0.1) is 5.69 Å². The van der Waals surface area contributed by atoms with Crippen molar-refractivity contribution in [2.24, 2.45) is 0 Å². The molecule has 0 spiro atoms. The second-order valence-electron chi connectivity index (χ2n) is 5.78. The third kappa shape index (κ3) is 2.50. The molecule has 1 atom stereocenters. The topological polar surface area (TPSA) is 56.7 Å². The number of rotatable bonds is 2. The summed E-state index contributed by atoms with van der Waals surface area (Å²) in [7, 11) is 0. The summed E-state index contributed by atoms with van der Waals surface area (Å²) in [5.41, 5.74) is 2.03. The lowest BCUT2D eigenvalue weighted by Gasteiger charge is -2.28. The number of fused-ring (bicyclic) bond motifs is 1. The Morgan fingerprint density at radius 2 is 2.15 bits per heavy atom. The molecular weight excluding hydrogens is 254 g/mol. The Kier molecular flexibility index (Phi) is 3.61. The van der Waals surface area contributed by atoms with Gasteiger partial charge in [-0.3, -0.25) is 9.88 Å². The van der Waals surface area contributed by atoms with Crippen LogP contribution >= 0.6 is 0 Å². The number of pyridine rings is 1. The molecule has 1 aromatic heterocycles. The van der Waals surface area contributed by atoms with Crippen LogP contribution in [0.4, 0.5) is 5.69 Å². The van der Waals surface area contributed by atoms with Gasteiger partial charge in [0.2, 0.25) is 0 Å². The highest BCUT2D eigenvalue weighted by Gasteiger charge is 2.30. The summed E-state index contributed by atoms with van der Waals surface area (Å²) in [6.45, 7) is 6.10. The van der Waals surface area contributed by atoms with E-state index in [1.54, 1.807) is 0 Å². The summed E-state index contributed by atoms with van der Waals surface area (Å²) in [4.78, 5) is 20.3. The van der Waals surface area contributed by atoms with Crippen molar-refractivity contribution < 1.29 is 9.90 Å². The molecule has 0 bridgehead atoms. The zero-order valence-electron chi connectivity index (χ0n) is 11.9. The van der Waals surface area contributed by atoms with Gasteiger partial charge in [0.1, 0.15) is 5.56 Å². The van der Waals surface area contributed by atoms with E-state index in [1.807, 2.05) is 13.0 Å². The third-order valence-corrected chi connectivity index (χ3v) is 4.39. The zero-order chi connectivity index (χ0) is 14.1. The van der Waals surface area contributed by atoms with Gasteiger partial charge in [-0.25, -0.2) is 4.79 Å². The van der Waals surface area contributed by atoms with Gasteiger partial charge in [-0.15, -0.1) is 0 Å². The second kappa shape index (κ2) is 5.40. The molecule has 2 fully saturated rings. The van der Waals surface area contributed by atoms with E-state index in [-0.39, 0.29) is 0 Å². The number of nitrogens with zero attached hydrogens (tertiary/aromatic N) is 3. The molecule has 1 N–H and O–H groups in total. The maximum absolute atomic E-state index is 11.4. The summed E-state index contributed by atoms with van der Waals surface area (Å²) >= 11 is 0. The Hall–Kier alpha value is -1.62. The molecular formula is C15H21N3O2. The Morgan fingerprint density at radius 1 is 1.35 bits per heavy atom. The Balaban J connectivity index is 1.91. The van der Waals surface area contributed by atoms with Crippen molar-refractivity contribution in [1.29, 1.82) is 0 Å². The summed E-state index contributed by atoms with van der Waals surface area (Å²) in [6, 6.07) is 2.49. The van der Waals surface area contributed by atoms with Crippen LogP contribution in [0.2, 0.25) is 0 Å². The molecule has 0 aliphatic carbocycles. The first kappa shape index (κ1) is 13.4. The number of carbonyl (C=O) groups is 1. The van der Waals surface area contributed by atoms with Gasteiger partial charge < -0.3 is 10.0 Å². The third-order valence-electron chi connectivity index (χ3n) is 4.39. The molecule has 0 amide bonds. The largest absolute Gasteiger partial charge is 0.478 e. The average molecular weight is 275 g/mol. The van der Waals surface area contributed by atoms with Crippen LogP contribution in [0.3, 0.4) is 0 Å². The van der Waals surface area contributed by atoms with Gasteiger partial charge in [0, 0.05) is 37.6 Å². The van der Waals surface area contributed by atoms with Gasteiger partial charge in [-0.05, 0) is 38.8 Å². The molecule has 5 nitrogen and oxygen atoms in total. The predicted molar refractivity (Wildman–Crippen MR) is 77.4 cm³/mol. The van der Waals surface area contributed by atoms with Crippen molar-refractivity contribution in [3.63, 3.8) is 0 Å². The molecule has 108 valence electrons. The Morgan fingerprint density at radius 3 is 2.95 bits per heavy atom. The zero-order valence-corrected chi connectivity index (χ0v) is 11.9. The van der Waals surface area contributed by atoms with Crippen LogP contribution < -0.4 is 4.90 Å². The summed E-state index contributed by atoms with van der Waals surface area (Å²) in [6.07, 6.45) is 5.07. The van der Waals surface area contributed by atoms with Gasteiger partial charge in [0.25, 0.3) is 0 Å². The monoisotopic (exact) mass is 275 g/mol. The molecule has 1 aromatic rings. The van der Waals surface area contributed by atoms with Crippen molar-refractivity contribution in [2.75, 3.05) is 31.1 Å². The molecule has 0 radical (unpaired) electrons. The molecule has 2 aliphatic heterocycles. The molecule has 0 saturated carbocycles. The van der Waals surface area contributed by atoms with Gasteiger partial charge in [-0.1, -0.05) is 0 Å². The van der Waals surface area contributed by atoms with E-state index < -0.39 is 5.97 Å². The summed E-state index contributed by atoms with van der Waals surface area (Å²) in [5, 5.41) is 9.37.